The number of carbonyl (C=O) groups is 1. The number of nitrogens with zero attached hydrogens (tertiary/aromatic N) is 2. The highest BCUT2D eigenvalue weighted by molar-refractivity contribution is 6.30. The Bertz CT molecular complexity index is 1040. The zero-order chi connectivity index (χ0) is 23.8. The lowest BCUT2D eigenvalue weighted by Crippen LogP contribution is -2.41. The van der Waals surface area contributed by atoms with E-state index >= 15 is 0 Å². The van der Waals surface area contributed by atoms with E-state index in [1.54, 1.807) is 35.3 Å². The zero-order valence-corrected chi connectivity index (χ0v) is 18.3. The molecule has 1 aromatic carbocycles. The fourth-order valence-corrected chi connectivity index (χ4v) is 4.06. The number of alkyl halides is 3. The molecule has 1 aromatic heterocycles. The summed E-state index contributed by atoms with van der Waals surface area (Å²) in [6.07, 6.45) is -1.79. The summed E-state index contributed by atoms with van der Waals surface area (Å²) in [6, 6.07) is 4.85. The predicted octanol–water partition coefficient (Wildman–Crippen LogP) is 4.08. The van der Waals surface area contributed by atoms with Gasteiger partial charge in [0.2, 0.25) is 0 Å². The van der Waals surface area contributed by atoms with Crippen LogP contribution in [0.25, 0.3) is 0 Å². The number of carbonyl (C=O) groups excluding carboxylic acids is 1. The van der Waals surface area contributed by atoms with E-state index in [2.05, 4.69) is 21.7 Å². The standard InChI is InChI=1S/C22H23ClF3N3O4/c1-12(28-21(31)20-8-18(30)17-7-15(23)2-3-19(17)33-20)4-5-29-10-14(9-27-29)16-6-13(16)11-32-22(24,25)26/h2-3,7,9-10,13,16,18,20,30H,1,4-6,8,11H2,(H,28,31)/t13-,16+,18-,20+/m1/s1. The smallest absolute Gasteiger partial charge is 0.480 e. The van der Waals surface area contributed by atoms with Crippen LogP contribution < -0.4 is 10.1 Å². The van der Waals surface area contributed by atoms with Crippen LogP contribution in [0.2, 0.25) is 5.02 Å². The highest BCUT2D eigenvalue weighted by Crippen LogP contribution is 2.48. The number of hydrogen-bond donors (Lipinski definition) is 2. The molecule has 2 aliphatic rings. The van der Waals surface area contributed by atoms with E-state index in [4.69, 9.17) is 16.3 Å². The van der Waals surface area contributed by atoms with E-state index in [0.717, 1.165) is 5.56 Å². The molecule has 2 heterocycles. The SMILES string of the molecule is C=C(CCn1cc([C@H]2C[C@@H]2COC(F)(F)F)cn1)NC(=O)[C@@H]1C[C@@H](O)c2cc(Cl)ccc2O1. The molecule has 0 bridgehead atoms. The van der Waals surface area contributed by atoms with Gasteiger partial charge in [-0.3, -0.25) is 14.2 Å². The molecule has 0 unspecified atom stereocenters. The summed E-state index contributed by atoms with van der Waals surface area (Å²) in [5.41, 5.74) is 1.87. The first-order chi connectivity index (χ1) is 15.6. The van der Waals surface area contributed by atoms with Crippen LogP contribution in [-0.2, 0) is 16.1 Å². The van der Waals surface area contributed by atoms with Crippen LogP contribution in [0.4, 0.5) is 13.2 Å². The van der Waals surface area contributed by atoms with Gasteiger partial charge in [0.25, 0.3) is 5.91 Å². The Hall–Kier alpha value is -2.56. The topological polar surface area (TPSA) is 85.6 Å². The van der Waals surface area contributed by atoms with Crippen LogP contribution in [0.1, 0.15) is 42.4 Å². The third-order valence-electron chi connectivity index (χ3n) is 5.74. The quantitative estimate of drug-likeness (QED) is 0.588. The molecule has 1 aliphatic carbocycles. The molecule has 1 saturated carbocycles. The van der Waals surface area contributed by atoms with Gasteiger partial charge in [-0.05, 0) is 42.0 Å². The zero-order valence-electron chi connectivity index (χ0n) is 17.5. The van der Waals surface area contributed by atoms with E-state index in [-0.39, 0.29) is 24.9 Å². The second kappa shape index (κ2) is 9.36. The fourth-order valence-electron chi connectivity index (χ4n) is 3.88. The van der Waals surface area contributed by atoms with Crippen molar-refractivity contribution in [3.63, 3.8) is 0 Å². The van der Waals surface area contributed by atoms with Gasteiger partial charge < -0.3 is 15.2 Å². The predicted molar refractivity (Wildman–Crippen MR) is 112 cm³/mol. The Morgan fingerprint density at radius 3 is 2.94 bits per heavy atom. The van der Waals surface area contributed by atoms with Crippen molar-refractivity contribution >= 4 is 17.5 Å². The van der Waals surface area contributed by atoms with Crippen molar-refractivity contribution in [3.05, 3.63) is 59.0 Å². The Balaban J connectivity index is 1.23. The molecule has 7 nitrogen and oxygen atoms in total. The molecule has 33 heavy (non-hydrogen) atoms. The highest BCUT2D eigenvalue weighted by atomic mass is 35.5. The third-order valence-corrected chi connectivity index (χ3v) is 5.97. The number of rotatable bonds is 8. The van der Waals surface area contributed by atoms with E-state index in [0.29, 0.717) is 41.4 Å². The normalized spacial score (nSPS) is 24.0. The molecule has 0 saturated heterocycles. The summed E-state index contributed by atoms with van der Waals surface area (Å²) in [6.45, 7) is 3.95. The molecule has 1 aliphatic heterocycles. The van der Waals surface area contributed by atoms with Crippen LogP contribution in [0.3, 0.4) is 0 Å². The molecular formula is C22H23ClF3N3O4. The average molecular weight is 486 g/mol. The number of benzene rings is 1. The molecule has 178 valence electrons. The van der Waals surface area contributed by atoms with Gasteiger partial charge in [0.05, 0.1) is 18.9 Å². The molecule has 0 radical (unpaired) electrons. The maximum absolute atomic E-state index is 12.6. The van der Waals surface area contributed by atoms with Crippen molar-refractivity contribution in [1.29, 1.82) is 0 Å². The molecule has 2 aromatic rings. The number of hydrogen-bond acceptors (Lipinski definition) is 5. The number of ether oxygens (including phenoxy) is 2. The minimum Gasteiger partial charge on any atom is -0.480 e. The van der Waals surface area contributed by atoms with Crippen LogP contribution in [-0.4, -0.2) is 39.9 Å². The molecule has 0 spiro atoms. The molecule has 11 heteroatoms. The first-order valence-electron chi connectivity index (χ1n) is 10.4. The molecule has 2 N–H and O–H groups in total. The maximum atomic E-state index is 12.6. The van der Waals surface area contributed by atoms with Gasteiger partial charge in [-0.25, -0.2) is 0 Å². The van der Waals surface area contributed by atoms with Gasteiger partial charge in [0, 0.05) is 41.9 Å². The summed E-state index contributed by atoms with van der Waals surface area (Å²) >= 11 is 5.94. The number of fused-ring (bicyclic) bond motifs is 1. The first kappa shape index (κ1) is 23.6. The lowest BCUT2D eigenvalue weighted by atomic mass is 9.98. The lowest BCUT2D eigenvalue weighted by molar-refractivity contribution is -0.326. The second-order valence-electron chi connectivity index (χ2n) is 8.28. The van der Waals surface area contributed by atoms with Gasteiger partial charge in [-0.15, -0.1) is 13.2 Å². The second-order valence-corrected chi connectivity index (χ2v) is 8.72. The molecule has 1 fully saturated rings. The number of aryl methyl sites for hydroxylation is 1. The first-order valence-corrected chi connectivity index (χ1v) is 10.8. The van der Waals surface area contributed by atoms with Crippen molar-refractivity contribution in [2.75, 3.05) is 6.61 Å². The number of aliphatic hydroxyl groups excluding tert-OH is 1. The van der Waals surface area contributed by atoms with Gasteiger partial charge in [0.1, 0.15) is 5.75 Å². The molecule has 1 amide bonds. The van der Waals surface area contributed by atoms with Gasteiger partial charge in [-0.1, -0.05) is 18.2 Å². The number of nitrogens with one attached hydrogen (secondary N) is 1. The van der Waals surface area contributed by atoms with Crippen LogP contribution in [0.15, 0.2) is 42.9 Å². The van der Waals surface area contributed by atoms with E-state index in [9.17, 15) is 23.1 Å². The van der Waals surface area contributed by atoms with E-state index < -0.39 is 24.5 Å². The van der Waals surface area contributed by atoms with Gasteiger partial charge in [0.15, 0.2) is 6.10 Å². The minimum atomic E-state index is -4.61. The van der Waals surface area contributed by atoms with E-state index in [1.807, 2.05) is 0 Å². The highest BCUT2D eigenvalue weighted by Gasteiger charge is 2.42. The molecule has 4 atom stereocenters. The maximum Gasteiger partial charge on any atom is 0.522 e. The summed E-state index contributed by atoms with van der Waals surface area (Å²) in [4.78, 5) is 12.6. The Morgan fingerprint density at radius 2 is 2.18 bits per heavy atom. The molecule has 4 rings (SSSR count). The van der Waals surface area contributed by atoms with Crippen molar-refractivity contribution in [2.24, 2.45) is 5.92 Å². The largest absolute Gasteiger partial charge is 0.522 e. The monoisotopic (exact) mass is 485 g/mol. The van der Waals surface area contributed by atoms with Crippen molar-refractivity contribution in [3.8, 4) is 5.75 Å². The Morgan fingerprint density at radius 1 is 1.39 bits per heavy atom. The van der Waals surface area contributed by atoms with E-state index in [1.165, 1.54) is 0 Å². The fraction of sp³-hybridized carbons (Fsp3) is 0.455. The summed E-state index contributed by atoms with van der Waals surface area (Å²) in [5, 5.41) is 17.7. The van der Waals surface area contributed by atoms with Crippen molar-refractivity contribution in [1.82, 2.24) is 15.1 Å². The van der Waals surface area contributed by atoms with Crippen molar-refractivity contribution < 1.29 is 32.5 Å². The summed E-state index contributed by atoms with van der Waals surface area (Å²) in [7, 11) is 0. The Kier molecular flexibility index (Phi) is 6.69. The van der Waals surface area contributed by atoms with Crippen LogP contribution >= 0.6 is 11.6 Å². The lowest BCUT2D eigenvalue weighted by Gasteiger charge is -2.29. The van der Waals surface area contributed by atoms with Gasteiger partial charge in [-0.2, -0.15) is 5.10 Å². The number of halogens is 4. The third kappa shape index (κ3) is 6.07. The molecular weight excluding hydrogens is 463 g/mol. The number of allylic oxidation sites excluding steroid dienone is 1. The summed E-state index contributed by atoms with van der Waals surface area (Å²) in [5.74, 6) is -0.152. The Labute approximate surface area is 193 Å². The number of aromatic nitrogens is 2. The van der Waals surface area contributed by atoms with Crippen LogP contribution in [0, 0.1) is 5.92 Å². The minimum absolute atomic E-state index is 0.0108. The summed E-state index contributed by atoms with van der Waals surface area (Å²) < 4.78 is 47.7. The van der Waals surface area contributed by atoms with Crippen LogP contribution in [0.5, 0.6) is 5.75 Å². The number of amides is 1. The van der Waals surface area contributed by atoms with Crippen molar-refractivity contribution in [2.45, 2.75) is 50.3 Å². The van der Waals surface area contributed by atoms with Gasteiger partial charge >= 0.3 is 6.36 Å². The number of aliphatic hydroxyl groups is 1. The average Bonchev–Trinajstić information content (AvgIpc) is 3.37.